The van der Waals surface area contributed by atoms with Gasteiger partial charge in [-0.25, -0.2) is 4.98 Å². The Morgan fingerprint density at radius 3 is 2.64 bits per heavy atom. The first-order valence-corrected chi connectivity index (χ1v) is 7.70. The third kappa shape index (κ3) is 3.04. The molecule has 0 spiro atoms. The molecule has 0 bridgehead atoms. The Balaban J connectivity index is 1.77. The number of imidazole rings is 1. The number of amides is 1. The van der Waals surface area contributed by atoms with Crippen LogP contribution >= 0.6 is 0 Å². The van der Waals surface area contributed by atoms with E-state index >= 15 is 0 Å². The molecule has 0 aliphatic carbocycles. The molecule has 2 heterocycles. The van der Waals surface area contributed by atoms with Crippen LogP contribution in [0, 0.1) is 0 Å². The second kappa shape index (κ2) is 5.57. The van der Waals surface area contributed by atoms with Crippen LogP contribution in [-0.4, -0.2) is 21.0 Å². The second-order valence-electron chi connectivity index (χ2n) is 6.45. The zero-order valence-electron chi connectivity index (χ0n) is 13.1. The first kappa shape index (κ1) is 14.8. The lowest BCUT2D eigenvalue weighted by atomic mass is 10.1. The topological polar surface area (TPSA) is 72.9 Å². The van der Waals surface area contributed by atoms with Crippen molar-refractivity contribution in [1.29, 1.82) is 0 Å². The Morgan fingerprint density at radius 2 is 2.00 bits per heavy atom. The van der Waals surface area contributed by atoms with E-state index in [1.54, 1.807) is 13.8 Å². The fraction of sp³-hybridized carbons (Fsp3) is 0.412. The molecule has 0 unspecified atom stereocenters. The van der Waals surface area contributed by atoms with Crippen LogP contribution in [0.5, 0.6) is 0 Å². The number of fused-ring (bicyclic) bond motifs is 1. The highest BCUT2D eigenvalue weighted by Crippen LogP contribution is 2.24. The van der Waals surface area contributed by atoms with Crippen LogP contribution in [0.15, 0.2) is 30.5 Å². The Kier molecular flexibility index (Phi) is 3.74. The Hall–Kier alpha value is -2.14. The third-order valence-electron chi connectivity index (χ3n) is 3.93. The van der Waals surface area contributed by atoms with Crippen LogP contribution in [0.4, 0.5) is 5.69 Å². The van der Waals surface area contributed by atoms with Gasteiger partial charge in [-0.1, -0.05) is 12.1 Å². The number of carbonyl (C=O) groups is 1. The number of aryl methyl sites for hydroxylation is 2. The van der Waals surface area contributed by atoms with E-state index in [9.17, 15) is 4.79 Å². The van der Waals surface area contributed by atoms with Crippen molar-refractivity contribution in [2.24, 2.45) is 5.73 Å². The molecule has 3 N–H and O–H groups in total. The molecule has 0 atom stereocenters. The number of benzene rings is 1. The summed E-state index contributed by atoms with van der Waals surface area (Å²) in [5.41, 5.74) is 7.69. The highest BCUT2D eigenvalue weighted by Gasteiger charge is 2.21. The minimum atomic E-state index is -0.887. The van der Waals surface area contributed by atoms with Crippen LogP contribution in [-0.2, 0) is 17.8 Å². The summed E-state index contributed by atoms with van der Waals surface area (Å²) >= 11 is 0. The number of nitrogens with one attached hydrogen (secondary N) is 1. The lowest BCUT2D eigenvalue weighted by Gasteiger charge is -2.17. The Bertz CT molecular complexity index is 656. The van der Waals surface area contributed by atoms with Crippen LogP contribution in [0.2, 0.25) is 0 Å². The number of rotatable bonds is 3. The number of nitrogens with two attached hydrogens (primary N) is 1. The van der Waals surface area contributed by atoms with Gasteiger partial charge in [-0.15, -0.1) is 0 Å². The molecule has 5 nitrogen and oxygen atoms in total. The molecule has 0 saturated carbocycles. The lowest BCUT2D eigenvalue weighted by molar-refractivity contribution is -0.120. The van der Waals surface area contributed by atoms with Gasteiger partial charge in [-0.3, -0.25) is 4.79 Å². The maximum Gasteiger partial charge on any atom is 0.243 e. The maximum absolute atomic E-state index is 11.9. The summed E-state index contributed by atoms with van der Waals surface area (Å²) in [7, 11) is 0. The molecule has 2 aromatic rings. The van der Waals surface area contributed by atoms with E-state index in [1.807, 2.05) is 24.3 Å². The van der Waals surface area contributed by atoms with E-state index in [0.29, 0.717) is 0 Å². The standard InChI is InChI=1S/C17H22N4O/c1-17(2,18)16(22)19-13-8-6-12(7-9-13)14-11-21-10-4-3-5-15(21)20-14/h6-9,11H,3-5,10,18H2,1-2H3,(H,19,22). The molecule has 0 fully saturated rings. The van der Waals surface area contributed by atoms with Gasteiger partial charge in [0.25, 0.3) is 0 Å². The minimum Gasteiger partial charge on any atom is -0.334 e. The first-order valence-electron chi connectivity index (χ1n) is 7.70. The van der Waals surface area contributed by atoms with E-state index in [4.69, 9.17) is 10.7 Å². The van der Waals surface area contributed by atoms with Crippen LogP contribution in [0.3, 0.4) is 0 Å². The molecule has 5 heteroatoms. The number of hydrogen-bond donors (Lipinski definition) is 2. The molecule has 22 heavy (non-hydrogen) atoms. The predicted molar refractivity (Wildman–Crippen MR) is 87.5 cm³/mol. The van der Waals surface area contributed by atoms with Gasteiger partial charge in [-0.2, -0.15) is 0 Å². The highest BCUT2D eigenvalue weighted by molar-refractivity contribution is 5.97. The molecule has 3 rings (SSSR count). The van der Waals surface area contributed by atoms with Crippen molar-refractivity contribution in [3.63, 3.8) is 0 Å². The molecular weight excluding hydrogens is 276 g/mol. The van der Waals surface area contributed by atoms with Gasteiger partial charge in [0.2, 0.25) is 5.91 Å². The fourth-order valence-electron chi connectivity index (χ4n) is 2.57. The summed E-state index contributed by atoms with van der Waals surface area (Å²) in [4.78, 5) is 16.6. The van der Waals surface area contributed by atoms with E-state index in [1.165, 1.54) is 18.7 Å². The summed E-state index contributed by atoms with van der Waals surface area (Å²) in [5, 5.41) is 2.82. The van der Waals surface area contributed by atoms with Crippen LogP contribution in [0.25, 0.3) is 11.3 Å². The number of anilines is 1. The summed E-state index contributed by atoms with van der Waals surface area (Å²) in [6, 6.07) is 7.73. The zero-order chi connectivity index (χ0) is 15.7. The van der Waals surface area contributed by atoms with Crippen LogP contribution in [0.1, 0.15) is 32.5 Å². The van der Waals surface area contributed by atoms with Gasteiger partial charge < -0.3 is 15.6 Å². The predicted octanol–water partition coefficient (Wildman–Crippen LogP) is 2.56. The average Bonchev–Trinajstić information content (AvgIpc) is 2.91. The van der Waals surface area contributed by atoms with E-state index < -0.39 is 5.54 Å². The van der Waals surface area contributed by atoms with Gasteiger partial charge in [-0.05, 0) is 38.8 Å². The number of nitrogens with zero attached hydrogens (tertiary/aromatic N) is 2. The molecule has 1 aliphatic heterocycles. The van der Waals surface area contributed by atoms with Crippen molar-refractivity contribution < 1.29 is 4.79 Å². The van der Waals surface area contributed by atoms with Gasteiger partial charge in [0, 0.05) is 30.4 Å². The fourth-order valence-corrected chi connectivity index (χ4v) is 2.57. The Labute approximate surface area is 130 Å². The van der Waals surface area contributed by atoms with Crippen molar-refractivity contribution >= 4 is 11.6 Å². The van der Waals surface area contributed by atoms with Gasteiger partial charge in [0.05, 0.1) is 11.2 Å². The van der Waals surface area contributed by atoms with E-state index in [2.05, 4.69) is 16.1 Å². The maximum atomic E-state index is 11.9. The second-order valence-corrected chi connectivity index (χ2v) is 6.45. The van der Waals surface area contributed by atoms with Crippen molar-refractivity contribution in [2.45, 2.75) is 45.2 Å². The Morgan fingerprint density at radius 1 is 1.27 bits per heavy atom. The average molecular weight is 298 g/mol. The van der Waals surface area contributed by atoms with Crippen molar-refractivity contribution in [1.82, 2.24) is 9.55 Å². The summed E-state index contributed by atoms with van der Waals surface area (Å²) < 4.78 is 2.24. The first-order chi connectivity index (χ1) is 10.4. The van der Waals surface area contributed by atoms with E-state index in [-0.39, 0.29) is 5.91 Å². The lowest BCUT2D eigenvalue weighted by Crippen LogP contribution is -2.45. The summed E-state index contributed by atoms with van der Waals surface area (Å²) in [6.07, 6.45) is 5.61. The highest BCUT2D eigenvalue weighted by atomic mass is 16.2. The van der Waals surface area contributed by atoms with Gasteiger partial charge in [0.15, 0.2) is 0 Å². The number of carbonyl (C=O) groups excluding carboxylic acids is 1. The molecule has 1 amide bonds. The van der Waals surface area contributed by atoms with Crippen molar-refractivity contribution in [3.8, 4) is 11.3 Å². The minimum absolute atomic E-state index is 0.197. The van der Waals surface area contributed by atoms with Crippen LogP contribution < -0.4 is 11.1 Å². The number of hydrogen-bond acceptors (Lipinski definition) is 3. The molecule has 0 saturated heterocycles. The van der Waals surface area contributed by atoms with E-state index in [0.717, 1.165) is 29.9 Å². The van der Waals surface area contributed by atoms with Crippen molar-refractivity contribution in [2.75, 3.05) is 5.32 Å². The monoisotopic (exact) mass is 298 g/mol. The SMILES string of the molecule is CC(C)(N)C(=O)Nc1ccc(-c2cn3c(n2)CCCC3)cc1. The van der Waals surface area contributed by atoms with Gasteiger partial charge in [0.1, 0.15) is 5.82 Å². The molecule has 1 aliphatic rings. The summed E-state index contributed by atoms with van der Waals surface area (Å²) in [5.74, 6) is 0.973. The number of aromatic nitrogens is 2. The molecule has 116 valence electrons. The molecule has 1 aromatic heterocycles. The summed E-state index contributed by atoms with van der Waals surface area (Å²) in [6.45, 7) is 4.43. The largest absolute Gasteiger partial charge is 0.334 e. The quantitative estimate of drug-likeness (QED) is 0.914. The van der Waals surface area contributed by atoms with Gasteiger partial charge >= 0.3 is 0 Å². The molecule has 0 radical (unpaired) electrons. The molecular formula is C17H22N4O. The molecule has 1 aromatic carbocycles. The normalized spacial score (nSPS) is 14.5. The van der Waals surface area contributed by atoms with Crippen molar-refractivity contribution in [3.05, 3.63) is 36.3 Å². The smallest absolute Gasteiger partial charge is 0.243 e. The third-order valence-corrected chi connectivity index (χ3v) is 3.93. The zero-order valence-corrected chi connectivity index (χ0v) is 13.1.